The van der Waals surface area contributed by atoms with Gasteiger partial charge in [-0.1, -0.05) is 6.07 Å². The van der Waals surface area contributed by atoms with Crippen LogP contribution in [0.25, 0.3) is 0 Å². The number of carbonyl (C=O) groups excluding carboxylic acids is 2. The van der Waals surface area contributed by atoms with Crippen molar-refractivity contribution in [2.75, 3.05) is 0 Å². The topological polar surface area (TPSA) is 55.4 Å². The summed E-state index contributed by atoms with van der Waals surface area (Å²) in [5.74, 6) is -0.425. The number of thiophene rings is 1. The summed E-state index contributed by atoms with van der Waals surface area (Å²) in [6.45, 7) is 3.43. The first kappa shape index (κ1) is 10.7. The van der Waals surface area contributed by atoms with Crippen molar-refractivity contribution < 1.29 is 14.3 Å². The Hall–Kier alpha value is -1.36. The van der Waals surface area contributed by atoms with E-state index in [0.29, 0.717) is 4.88 Å². The molecule has 0 radical (unpaired) electrons. The van der Waals surface area contributed by atoms with Crippen molar-refractivity contribution in [1.82, 2.24) is 5.32 Å². The summed E-state index contributed by atoms with van der Waals surface area (Å²) in [6.07, 6.45) is -0.940. The number of carbonyl (C=O) groups is 2. The van der Waals surface area contributed by atoms with Crippen LogP contribution in [0.5, 0.6) is 0 Å². The van der Waals surface area contributed by atoms with Crippen LogP contribution in [-0.4, -0.2) is 18.1 Å². The molecule has 76 valence electrons. The van der Waals surface area contributed by atoms with Gasteiger partial charge in [0.15, 0.2) is 0 Å². The van der Waals surface area contributed by atoms with E-state index in [0.717, 1.165) is 0 Å². The van der Waals surface area contributed by atoms with Crippen LogP contribution in [0.3, 0.4) is 0 Å². The second kappa shape index (κ2) is 4.76. The smallest absolute Gasteiger partial charge is 0.414 e. The lowest BCUT2D eigenvalue weighted by Crippen LogP contribution is -2.32. The van der Waals surface area contributed by atoms with Crippen molar-refractivity contribution in [3.63, 3.8) is 0 Å². The zero-order valence-electron chi connectivity index (χ0n) is 7.94. The standard InChI is InChI=1S/C9H11NO3S/c1-6(2)13-9(12)10-8(11)7-4-3-5-14-7/h3-6H,1-2H3,(H,10,11,12). The molecule has 0 aromatic carbocycles. The first-order chi connectivity index (χ1) is 6.59. The average molecular weight is 213 g/mol. The Labute approximate surface area is 85.9 Å². The summed E-state index contributed by atoms with van der Waals surface area (Å²) in [6, 6.07) is 3.38. The van der Waals surface area contributed by atoms with Crippen molar-refractivity contribution in [1.29, 1.82) is 0 Å². The Kier molecular flexibility index (Phi) is 3.64. The Morgan fingerprint density at radius 2 is 2.21 bits per heavy atom. The van der Waals surface area contributed by atoms with Crippen LogP contribution >= 0.6 is 11.3 Å². The number of alkyl carbamates (subject to hydrolysis) is 1. The van der Waals surface area contributed by atoms with E-state index in [1.165, 1.54) is 11.3 Å². The summed E-state index contributed by atoms with van der Waals surface area (Å²) >= 11 is 1.27. The minimum absolute atomic E-state index is 0.230. The Morgan fingerprint density at radius 3 is 2.71 bits per heavy atom. The number of imide groups is 1. The van der Waals surface area contributed by atoms with Gasteiger partial charge in [-0.05, 0) is 25.3 Å². The lowest BCUT2D eigenvalue weighted by molar-refractivity contribution is 0.0880. The van der Waals surface area contributed by atoms with Crippen LogP contribution in [0.4, 0.5) is 4.79 Å². The van der Waals surface area contributed by atoms with Crippen LogP contribution in [-0.2, 0) is 4.74 Å². The predicted molar refractivity (Wildman–Crippen MR) is 53.4 cm³/mol. The monoisotopic (exact) mass is 213 g/mol. The van der Waals surface area contributed by atoms with E-state index in [2.05, 4.69) is 5.32 Å². The molecule has 1 heterocycles. The maximum atomic E-state index is 11.3. The predicted octanol–water partition coefficient (Wildman–Crippen LogP) is 2.02. The highest BCUT2D eigenvalue weighted by Crippen LogP contribution is 2.07. The summed E-state index contributed by atoms with van der Waals surface area (Å²) in [4.78, 5) is 22.8. The first-order valence-corrected chi connectivity index (χ1v) is 5.03. The van der Waals surface area contributed by atoms with Gasteiger partial charge >= 0.3 is 6.09 Å². The van der Waals surface area contributed by atoms with Gasteiger partial charge in [-0.3, -0.25) is 10.1 Å². The van der Waals surface area contributed by atoms with Crippen LogP contribution in [0.2, 0.25) is 0 Å². The maximum absolute atomic E-state index is 11.3. The number of ether oxygens (including phenoxy) is 1. The molecule has 0 unspecified atom stereocenters. The SMILES string of the molecule is CC(C)OC(=O)NC(=O)c1cccs1. The number of amides is 2. The molecule has 0 aliphatic carbocycles. The molecule has 0 aliphatic heterocycles. The fraction of sp³-hybridized carbons (Fsp3) is 0.333. The third kappa shape index (κ3) is 3.18. The van der Waals surface area contributed by atoms with Crippen LogP contribution < -0.4 is 5.32 Å². The van der Waals surface area contributed by atoms with Crippen molar-refractivity contribution >= 4 is 23.3 Å². The van der Waals surface area contributed by atoms with Crippen LogP contribution in [0, 0.1) is 0 Å². The molecule has 14 heavy (non-hydrogen) atoms. The lowest BCUT2D eigenvalue weighted by Gasteiger charge is -2.07. The molecule has 1 rings (SSSR count). The van der Waals surface area contributed by atoms with E-state index >= 15 is 0 Å². The minimum Gasteiger partial charge on any atom is -0.447 e. The second-order valence-corrected chi connectivity index (χ2v) is 3.83. The molecule has 5 heteroatoms. The van der Waals surface area contributed by atoms with Gasteiger partial charge in [-0.25, -0.2) is 4.79 Å². The Bertz CT molecular complexity index is 319. The summed E-state index contributed by atoms with van der Waals surface area (Å²) in [5, 5.41) is 3.89. The molecule has 0 aliphatic rings. The average Bonchev–Trinajstić information content (AvgIpc) is 2.53. The lowest BCUT2D eigenvalue weighted by atomic mass is 10.4. The summed E-state index contributed by atoms with van der Waals surface area (Å²) in [7, 11) is 0. The zero-order valence-corrected chi connectivity index (χ0v) is 8.76. The first-order valence-electron chi connectivity index (χ1n) is 4.15. The van der Waals surface area contributed by atoms with E-state index in [-0.39, 0.29) is 6.10 Å². The molecule has 0 fully saturated rings. The highest BCUT2D eigenvalue weighted by molar-refractivity contribution is 7.12. The van der Waals surface area contributed by atoms with E-state index in [9.17, 15) is 9.59 Å². The van der Waals surface area contributed by atoms with Gasteiger partial charge in [-0.15, -0.1) is 11.3 Å². The number of hydrogen-bond acceptors (Lipinski definition) is 4. The van der Waals surface area contributed by atoms with Crippen molar-refractivity contribution in [3.05, 3.63) is 22.4 Å². The van der Waals surface area contributed by atoms with Gasteiger partial charge in [0.1, 0.15) is 0 Å². The third-order valence-corrected chi connectivity index (χ3v) is 2.17. The summed E-state index contributed by atoms with van der Waals surface area (Å²) in [5.41, 5.74) is 0. The minimum atomic E-state index is -0.710. The van der Waals surface area contributed by atoms with E-state index in [1.807, 2.05) is 0 Å². The van der Waals surface area contributed by atoms with Crippen LogP contribution in [0.1, 0.15) is 23.5 Å². The molecule has 0 saturated heterocycles. The number of nitrogens with one attached hydrogen (secondary N) is 1. The number of hydrogen-bond donors (Lipinski definition) is 1. The largest absolute Gasteiger partial charge is 0.447 e. The summed E-state index contributed by atoms with van der Waals surface area (Å²) < 4.78 is 4.75. The number of rotatable bonds is 2. The molecule has 0 spiro atoms. The molecular weight excluding hydrogens is 202 g/mol. The molecule has 0 saturated carbocycles. The maximum Gasteiger partial charge on any atom is 0.414 e. The molecule has 4 nitrogen and oxygen atoms in total. The molecule has 1 aromatic heterocycles. The second-order valence-electron chi connectivity index (χ2n) is 2.89. The highest BCUT2D eigenvalue weighted by Gasteiger charge is 2.12. The molecule has 1 N–H and O–H groups in total. The molecule has 0 atom stereocenters. The van der Waals surface area contributed by atoms with Crippen molar-refractivity contribution in [2.24, 2.45) is 0 Å². The molecular formula is C9H11NO3S. The Morgan fingerprint density at radius 1 is 1.50 bits per heavy atom. The Balaban J connectivity index is 2.46. The van der Waals surface area contributed by atoms with Gasteiger partial charge in [-0.2, -0.15) is 0 Å². The fourth-order valence-corrected chi connectivity index (χ4v) is 1.42. The zero-order chi connectivity index (χ0) is 10.6. The van der Waals surface area contributed by atoms with Gasteiger partial charge in [0.25, 0.3) is 5.91 Å². The molecule has 1 aromatic rings. The van der Waals surface area contributed by atoms with Gasteiger partial charge in [0, 0.05) is 0 Å². The van der Waals surface area contributed by atoms with Crippen LogP contribution in [0.15, 0.2) is 17.5 Å². The highest BCUT2D eigenvalue weighted by atomic mass is 32.1. The van der Waals surface area contributed by atoms with E-state index < -0.39 is 12.0 Å². The van der Waals surface area contributed by atoms with Gasteiger partial charge < -0.3 is 4.74 Å². The van der Waals surface area contributed by atoms with E-state index in [1.54, 1.807) is 31.4 Å². The van der Waals surface area contributed by atoms with E-state index in [4.69, 9.17) is 4.74 Å². The quantitative estimate of drug-likeness (QED) is 0.817. The van der Waals surface area contributed by atoms with Crippen molar-refractivity contribution in [2.45, 2.75) is 20.0 Å². The van der Waals surface area contributed by atoms with Gasteiger partial charge in [0.2, 0.25) is 0 Å². The van der Waals surface area contributed by atoms with Gasteiger partial charge in [0.05, 0.1) is 11.0 Å². The third-order valence-electron chi connectivity index (χ3n) is 1.30. The van der Waals surface area contributed by atoms with Crippen molar-refractivity contribution in [3.8, 4) is 0 Å². The molecule has 2 amide bonds. The molecule has 0 bridgehead atoms. The normalized spacial score (nSPS) is 9.93. The fourth-order valence-electron chi connectivity index (χ4n) is 0.806.